The van der Waals surface area contributed by atoms with E-state index < -0.39 is 0 Å². The first-order valence-corrected chi connectivity index (χ1v) is 6.27. The molecule has 1 fully saturated rings. The van der Waals surface area contributed by atoms with Gasteiger partial charge in [0.15, 0.2) is 0 Å². The molecule has 0 spiro atoms. The maximum Gasteiger partial charge on any atom is 0.310 e. The van der Waals surface area contributed by atoms with Gasteiger partial charge in [0.1, 0.15) is 11.9 Å². The topological polar surface area (TPSA) is 61.5 Å². The lowest BCUT2D eigenvalue weighted by molar-refractivity contribution is -0.139. The van der Waals surface area contributed by atoms with E-state index in [0.29, 0.717) is 0 Å². The molecule has 0 aliphatic heterocycles. The molecule has 1 aromatic carbocycles. The van der Waals surface area contributed by atoms with Gasteiger partial charge in [-0.15, -0.1) is 0 Å². The van der Waals surface area contributed by atoms with Crippen LogP contribution in [0, 0.1) is 0 Å². The minimum atomic E-state index is -0.262. The minimum absolute atomic E-state index is 0.0591. The number of hydrogen-bond donors (Lipinski definition) is 1. The van der Waals surface area contributed by atoms with Crippen LogP contribution in [-0.4, -0.2) is 25.2 Å². The van der Waals surface area contributed by atoms with Gasteiger partial charge in [-0.05, 0) is 25.3 Å². The van der Waals surface area contributed by atoms with Gasteiger partial charge in [0, 0.05) is 11.6 Å². The molecule has 4 heteroatoms. The molecule has 0 bridgehead atoms. The number of rotatable bonds is 4. The van der Waals surface area contributed by atoms with Crippen LogP contribution < -0.4 is 10.5 Å². The normalized spacial score (nSPS) is 22.8. The fraction of sp³-hybridized carbons (Fsp3) is 0.500. The summed E-state index contributed by atoms with van der Waals surface area (Å²) in [6.45, 7) is 0. The highest BCUT2D eigenvalue weighted by Gasteiger charge is 2.26. The van der Waals surface area contributed by atoms with Crippen LogP contribution in [0.25, 0.3) is 0 Å². The Morgan fingerprint density at radius 1 is 1.39 bits per heavy atom. The van der Waals surface area contributed by atoms with Crippen molar-refractivity contribution in [1.82, 2.24) is 0 Å². The number of benzene rings is 1. The van der Waals surface area contributed by atoms with Crippen LogP contribution in [0.3, 0.4) is 0 Å². The molecule has 1 aliphatic carbocycles. The predicted molar refractivity (Wildman–Crippen MR) is 68.4 cm³/mol. The molecular formula is C14H19NO3. The summed E-state index contributed by atoms with van der Waals surface area (Å²) in [7, 11) is 1.39. The summed E-state index contributed by atoms with van der Waals surface area (Å²) in [5.74, 6) is 0.479. The van der Waals surface area contributed by atoms with Crippen molar-refractivity contribution in [2.45, 2.75) is 37.8 Å². The summed E-state index contributed by atoms with van der Waals surface area (Å²) in [5.41, 5.74) is 6.84. The third-order valence-corrected chi connectivity index (χ3v) is 3.32. The van der Waals surface area contributed by atoms with Crippen molar-refractivity contribution in [1.29, 1.82) is 0 Å². The fourth-order valence-corrected chi connectivity index (χ4v) is 2.26. The third kappa shape index (κ3) is 3.01. The van der Waals surface area contributed by atoms with E-state index in [-0.39, 0.29) is 24.5 Å². The summed E-state index contributed by atoms with van der Waals surface area (Å²) >= 11 is 0. The smallest absolute Gasteiger partial charge is 0.310 e. The molecule has 2 atom stereocenters. The van der Waals surface area contributed by atoms with E-state index in [2.05, 4.69) is 4.74 Å². The standard InChI is InChI=1S/C14H19NO3/c1-17-14(16)9-10-5-2-3-7-12(10)18-13-8-4-6-11(13)15/h2-3,5,7,11,13H,4,6,8-9,15H2,1H3. The Labute approximate surface area is 107 Å². The molecule has 98 valence electrons. The number of methoxy groups -OCH3 is 1. The van der Waals surface area contributed by atoms with Gasteiger partial charge in [0.2, 0.25) is 0 Å². The van der Waals surface area contributed by atoms with E-state index in [1.54, 1.807) is 0 Å². The van der Waals surface area contributed by atoms with Gasteiger partial charge in [-0.1, -0.05) is 18.2 Å². The third-order valence-electron chi connectivity index (χ3n) is 3.32. The molecule has 2 unspecified atom stereocenters. The highest BCUT2D eigenvalue weighted by atomic mass is 16.5. The molecule has 0 amide bonds. The average molecular weight is 249 g/mol. The lowest BCUT2D eigenvalue weighted by Crippen LogP contribution is -2.33. The molecule has 4 nitrogen and oxygen atoms in total. The zero-order valence-electron chi connectivity index (χ0n) is 10.6. The molecule has 0 heterocycles. The Kier molecular flexibility index (Phi) is 4.20. The number of carbonyl (C=O) groups is 1. The number of nitrogens with two attached hydrogens (primary N) is 1. The van der Waals surface area contributed by atoms with E-state index in [1.807, 2.05) is 24.3 Å². The van der Waals surface area contributed by atoms with Crippen LogP contribution in [0.4, 0.5) is 0 Å². The lowest BCUT2D eigenvalue weighted by Gasteiger charge is -2.19. The Morgan fingerprint density at radius 2 is 2.17 bits per heavy atom. The second kappa shape index (κ2) is 5.87. The molecular weight excluding hydrogens is 230 g/mol. The van der Waals surface area contributed by atoms with Crippen LogP contribution in [0.15, 0.2) is 24.3 Å². The van der Waals surface area contributed by atoms with Crippen LogP contribution in [0.2, 0.25) is 0 Å². The van der Waals surface area contributed by atoms with Gasteiger partial charge in [0.25, 0.3) is 0 Å². The molecule has 1 aliphatic rings. The number of ether oxygens (including phenoxy) is 2. The van der Waals surface area contributed by atoms with E-state index in [0.717, 1.165) is 30.6 Å². The summed E-state index contributed by atoms with van der Waals surface area (Å²) < 4.78 is 10.6. The van der Waals surface area contributed by atoms with Crippen molar-refractivity contribution in [3.05, 3.63) is 29.8 Å². The van der Waals surface area contributed by atoms with E-state index in [9.17, 15) is 4.79 Å². The number of esters is 1. The van der Waals surface area contributed by atoms with Gasteiger partial charge in [-0.2, -0.15) is 0 Å². The Balaban J connectivity index is 2.09. The number of carbonyl (C=O) groups excluding carboxylic acids is 1. The molecule has 2 N–H and O–H groups in total. The van der Waals surface area contributed by atoms with Gasteiger partial charge in [-0.25, -0.2) is 0 Å². The fourth-order valence-electron chi connectivity index (χ4n) is 2.26. The Hall–Kier alpha value is -1.55. The Morgan fingerprint density at radius 3 is 2.83 bits per heavy atom. The van der Waals surface area contributed by atoms with E-state index >= 15 is 0 Å². The van der Waals surface area contributed by atoms with Crippen LogP contribution in [0.1, 0.15) is 24.8 Å². The quantitative estimate of drug-likeness (QED) is 0.824. The maximum absolute atomic E-state index is 11.3. The van der Waals surface area contributed by atoms with Crippen LogP contribution >= 0.6 is 0 Å². The highest BCUT2D eigenvalue weighted by Crippen LogP contribution is 2.26. The molecule has 0 radical (unpaired) electrons. The predicted octanol–water partition coefficient (Wildman–Crippen LogP) is 1.66. The second-order valence-electron chi connectivity index (χ2n) is 4.61. The first-order valence-electron chi connectivity index (χ1n) is 6.27. The summed E-state index contributed by atoms with van der Waals surface area (Å²) in [5, 5.41) is 0. The van der Waals surface area contributed by atoms with Crippen molar-refractivity contribution in [2.24, 2.45) is 5.73 Å². The summed E-state index contributed by atoms with van der Waals surface area (Å²) in [6, 6.07) is 7.64. The lowest BCUT2D eigenvalue weighted by atomic mass is 10.1. The second-order valence-corrected chi connectivity index (χ2v) is 4.61. The van der Waals surface area contributed by atoms with Gasteiger partial charge < -0.3 is 15.2 Å². The van der Waals surface area contributed by atoms with Crippen LogP contribution in [-0.2, 0) is 16.0 Å². The highest BCUT2D eigenvalue weighted by molar-refractivity contribution is 5.73. The molecule has 1 saturated carbocycles. The molecule has 0 saturated heterocycles. The largest absolute Gasteiger partial charge is 0.489 e. The Bertz CT molecular complexity index is 419. The van der Waals surface area contributed by atoms with Gasteiger partial charge >= 0.3 is 5.97 Å². The molecule has 18 heavy (non-hydrogen) atoms. The number of hydrogen-bond acceptors (Lipinski definition) is 4. The van der Waals surface area contributed by atoms with Crippen molar-refractivity contribution in [3.63, 3.8) is 0 Å². The first kappa shape index (κ1) is 12.9. The van der Waals surface area contributed by atoms with E-state index in [4.69, 9.17) is 10.5 Å². The van der Waals surface area contributed by atoms with Gasteiger partial charge in [0.05, 0.1) is 13.5 Å². The molecule has 0 aromatic heterocycles. The van der Waals surface area contributed by atoms with E-state index in [1.165, 1.54) is 7.11 Å². The van der Waals surface area contributed by atoms with Crippen molar-refractivity contribution < 1.29 is 14.3 Å². The summed E-state index contributed by atoms with van der Waals surface area (Å²) in [4.78, 5) is 11.3. The van der Waals surface area contributed by atoms with Crippen molar-refractivity contribution in [3.8, 4) is 5.75 Å². The summed E-state index contributed by atoms with van der Waals surface area (Å²) in [6.07, 6.45) is 3.38. The van der Waals surface area contributed by atoms with Gasteiger partial charge in [-0.3, -0.25) is 4.79 Å². The minimum Gasteiger partial charge on any atom is -0.489 e. The molecule has 2 rings (SSSR count). The zero-order chi connectivity index (χ0) is 13.0. The molecule has 1 aromatic rings. The van der Waals surface area contributed by atoms with Crippen molar-refractivity contribution >= 4 is 5.97 Å². The average Bonchev–Trinajstić information content (AvgIpc) is 2.77. The number of para-hydroxylation sites is 1. The monoisotopic (exact) mass is 249 g/mol. The zero-order valence-corrected chi connectivity index (χ0v) is 10.6. The first-order chi connectivity index (χ1) is 8.70. The SMILES string of the molecule is COC(=O)Cc1ccccc1OC1CCCC1N. The van der Waals surface area contributed by atoms with Crippen LogP contribution in [0.5, 0.6) is 5.75 Å². The maximum atomic E-state index is 11.3. The van der Waals surface area contributed by atoms with Crippen molar-refractivity contribution in [2.75, 3.05) is 7.11 Å².